The molecule has 2 aromatic rings. The Hall–Kier alpha value is -1.35. The maximum absolute atomic E-state index is 11.6. The highest BCUT2D eigenvalue weighted by molar-refractivity contribution is 7.61. The number of rotatable bonds is 2. The van der Waals surface area contributed by atoms with Gasteiger partial charge in [-0.1, -0.05) is 12.4 Å². The molecule has 1 heterocycles. The van der Waals surface area contributed by atoms with E-state index in [-0.39, 0.29) is 11.7 Å². The minimum atomic E-state index is -3.20. The Morgan fingerprint density at radius 3 is 2.56 bits per heavy atom. The molecule has 0 fully saturated rings. The molecule has 1 aromatic heterocycles. The van der Waals surface area contributed by atoms with Gasteiger partial charge in [-0.3, -0.25) is 4.79 Å². The van der Waals surface area contributed by atoms with Crippen LogP contribution >= 0.6 is 7.34 Å². The molecule has 0 amide bonds. The fraction of sp³-hybridized carbons (Fsp3) is 0.231. The molecule has 5 heteroatoms. The van der Waals surface area contributed by atoms with Gasteiger partial charge >= 0.3 is 0 Å². The van der Waals surface area contributed by atoms with Gasteiger partial charge in [0, 0.05) is 23.1 Å². The normalized spacial score (nSPS) is 12.0. The van der Waals surface area contributed by atoms with E-state index in [9.17, 15) is 14.6 Å². The number of nitrogens with one attached hydrogen (secondary N) is 1. The van der Waals surface area contributed by atoms with Gasteiger partial charge in [0.25, 0.3) is 0 Å². The van der Waals surface area contributed by atoms with E-state index in [0.29, 0.717) is 5.56 Å². The number of aryl methyl sites for hydroxylation is 2. The van der Waals surface area contributed by atoms with E-state index in [1.165, 1.54) is 6.07 Å². The molecule has 0 aliphatic rings. The largest absolute Gasteiger partial charge is 0.353 e. The van der Waals surface area contributed by atoms with E-state index in [2.05, 4.69) is 11.3 Å². The van der Waals surface area contributed by atoms with Gasteiger partial charge in [0.15, 0.2) is 0 Å². The molecule has 4 nitrogen and oxygen atoms in total. The Morgan fingerprint density at radius 1 is 1.28 bits per heavy atom. The van der Waals surface area contributed by atoms with Gasteiger partial charge in [-0.2, -0.15) is 0 Å². The van der Waals surface area contributed by atoms with Crippen LogP contribution in [0.1, 0.15) is 16.7 Å². The third-order valence-corrected chi connectivity index (χ3v) is 3.63. The Kier molecular flexibility index (Phi) is 3.20. The van der Waals surface area contributed by atoms with Gasteiger partial charge in [-0.15, -0.1) is 0 Å². The SMILES string of the molecule is C=P(O)(O)Cc1cc(=O)[nH]c2cc(C)cc(C)c12. The predicted molar refractivity (Wildman–Crippen MR) is 76.2 cm³/mol. The number of pyridine rings is 1. The van der Waals surface area contributed by atoms with Gasteiger partial charge in [-0.05, 0) is 36.6 Å². The molecule has 0 spiro atoms. The van der Waals surface area contributed by atoms with Crippen molar-refractivity contribution in [3.8, 4) is 0 Å². The van der Waals surface area contributed by atoms with Crippen LogP contribution in [0.5, 0.6) is 0 Å². The minimum absolute atomic E-state index is 0.0251. The summed E-state index contributed by atoms with van der Waals surface area (Å²) in [7, 11) is -3.20. The van der Waals surface area contributed by atoms with Gasteiger partial charge in [0.2, 0.25) is 5.56 Å². The number of aromatic amines is 1. The zero-order valence-electron chi connectivity index (χ0n) is 10.4. The minimum Gasteiger partial charge on any atom is -0.353 e. The molecule has 96 valence electrons. The average molecular weight is 265 g/mol. The quantitative estimate of drug-likeness (QED) is 0.726. The molecule has 0 saturated heterocycles. The van der Waals surface area contributed by atoms with Crippen molar-refractivity contribution in [2.45, 2.75) is 20.0 Å². The van der Waals surface area contributed by atoms with Crippen LogP contribution < -0.4 is 5.56 Å². The molecular formula is C13H16NO3P. The molecule has 18 heavy (non-hydrogen) atoms. The number of fused-ring (bicyclic) bond motifs is 1. The fourth-order valence-electron chi connectivity index (χ4n) is 2.29. The third kappa shape index (κ3) is 2.72. The molecule has 0 saturated carbocycles. The molecule has 0 aliphatic heterocycles. The lowest BCUT2D eigenvalue weighted by molar-refractivity contribution is 0.476. The Labute approximate surface area is 105 Å². The molecule has 3 N–H and O–H groups in total. The van der Waals surface area contributed by atoms with Crippen molar-refractivity contribution in [1.29, 1.82) is 0 Å². The van der Waals surface area contributed by atoms with Crippen LogP contribution in [0, 0.1) is 13.8 Å². The smallest absolute Gasteiger partial charge is 0.248 e. The topological polar surface area (TPSA) is 73.3 Å². The Bertz CT molecular complexity index is 712. The average Bonchev–Trinajstić information content (AvgIpc) is 2.11. The van der Waals surface area contributed by atoms with Crippen molar-refractivity contribution in [2.75, 3.05) is 0 Å². The van der Waals surface area contributed by atoms with E-state index in [1.807, 2.05) is 26.0 Å². The van der Waals surface area contributed by atoms with Gasteiger partial charge in [0.1, 0.15) is 7.34 Å². The van der Waals surface area contributed by atoms with Crippen LogP contribution in [0.2, 0.25) is 0 Å². The van der Waals surface area contributed by atoms with E-state index >= 15 is 0 Å². The van der Waals surface area contributed by atoms with E-state index < -0.39 is 7.34 Å². The molecule has 1 aromatic carbocycles. The second-order valence-electron chi connectivity index (χ2n) is 4.70. The second kappa shape index (κ2) is 4.39. The van der Waals surface area contributed by atoms with E-state index in [0.717, 1.165) is 22.0 Å². The first kappa shape index (κ1) is 13.1. The van der Waals surface area contributed by atoms with Crippen molar-refractivity contribution in [3.63, 3.8) is 0 Å². The van der Waals surface area contributed by atoms with Crippen LogP contribution in [0.15, 0.2) is 23.0 Å². The van der Waals surface area contributed by atoms with Gasteiger partial charge in [0.05, 0.1) is 0 Å². The lowest BCUT2D eigenvalue weighted by Crippen LogP contribution is -2.08. The standard InChI is InChI=1S/C13H16NO3P/c1-8-4-9(2)13-10(7-18(3,16)17)6-12(15)14-11(13)5-8/h4-6,16-17H,3,7H2,1-2H3,(H,14,15). The first-order chi connectivity index (χ1) is 8.26. The highest BCUT2D eigenvalue weighted by Gasteiger charge is 2.12. The lowest BCUT2D eigenvalue weighted by Gasteiger charge is -2.13. The maximum Gasteiger partial charge on any atom is 0.248 e. The summed E-state index contributed by atoms with van der Waals surface area (Å²) >= 11 is 0. The monoisotopic (exact) mass is 265 g/mol. The third-order valence-electron chi connectivity index (χ3n) is 2.79. The Balaban J connectivity index is 2.80. The summed E-state index contributed by atoms with van der Waals surface area (Å²) in [5.74, 6) is 0. The van der Waals surface area contributed by atoms with Crippen molar-refractivity contribution in [2.24, 2.45) is 0 Å². The molecule has 0 unspecified atom stereocenters. The van der Waals surface area contributed by atoms with E-state index in [4.69, 9.17) is 0 Å². The number of H-pyrrole nitrogens is 1. The fourth-order valence-corrected chi connectivity index (χ4v) is 3.08. The van der Waals surface area contributed by atoms with Gasteiger partial charge < -0.3 is 14.8 Å². The molecule has 0 aliphatic carbocycles. The summed E-state index contributed by atoms with van der Waals surface area (Å²) in [5.41, 5.74) is 3.18. The van der Waals surface area contributed by atoms with Crippen LogP contribution in [-0.4, -0.2) is 21.1 Å². The zero-order valence-corrected chi connectivity index (χ0v) is 11.3. The molecule has 0 radical (unpaired) electrons. The molecule has 0 bridgehead atoms. The summed E-state index contributed by atoms with van der Waals surface area (Å²) < 4.78 is 0. The van der Waals surface area contributed by atoms with Crippen LogP contribution in [0.3, 0.4) is 0 Å². The van der Waals surface area contributed by atoms with Crippen LogP contribution in [-0.2, 0) is 6.16 Å². The van der Waals surface area contributed by atoms with Crippen LogP contribution in [0.4, 0.5) is 0 Å². The maximum atomic E-state index is 11.6. The predicted octanol–water partition coefficient (Wildman–Crippen LogP) is 1.91. The Morgan fingerprint density at radius 2 is 1.94 bits per heavy atom. The van der Waals surface area contributed by atoms with Crippen molar-refractivity contribution in [3.05, 3.63) is 45.2 Å². The zero-order chi connectivity index (χ0) is 13.5. The first-order valence-electron chi connectivity index (χ1n) is 5.57. The second-order valence-corrected chi connectivity index (χ2v) is 6.77. The highest BCUT2D eigenvalue weighted by atomic mass is 31.2. The van der Waals surface area contributed by atoms with Crippen LogP contribution in [0.25, 0.3) is 10.9 Å². The summed E-state index contributed by atoms with van der Waals surface area (Å²) in [4.78, 5) is 33.4. The highest BCUT2D eigenvalue weighted by Crippen LogP contribution is 2.40. The van der Waals surface area contributed by atoms with Crippen molar-refractivity contribution < 1.29 is 9.79 Å². The number of aromatic nitrogens is 1. The number of benzene rings is 1. The van der Waals surface area contributed by atoms with Gasteiger partial charge in [-0.25, -0.2) is 0 Å². The molecular weight excluding hydrogens is 249 g/mol. The first-order valence-corrected chi connectivity index (χ1v) is 7.64. The lowest BCUT2D eigenvalue weighted by atomic mass is 10.0. The summed E-state index contributed by atoms with van der Waals surface area (Å²) in [6.45, 7) is 3.89. The molecule has 0 atom stereocenters. The summed E-state index contributed by atoms with van der Waals surface area (Å²) in [6, 6.07) is 5.30. The molecule has 2 rings (SSSR count). The number of hydrogen-bond donors (Lipinski definition) is 3. The summed E-state index contributed by atoms with van der Waals surface area (Å²) in [5, 5.41) is 0.872. The van der Waals surface area contributed by atoms with Crippen molar-refractivity contribution in [1.82, 2.24) is 4.98 Å². The number of hydrogen-bond acceptors (Lipinski definition) is 3. The van der Waals surface area contributed by atoms with E-state index in [1.54, 1.807) is 0 Å². The summed E-state index contributed by atoms with van der Waals surface area (Å²) in [6.07, 6.45) is 3.38. The van der Waals surface area contributed by atoms with Crippen molar-refractivity contribution >= 4 is 24.5 Å².